The monoisotopic (exact) mass is 252 g/mol. The number of benzene rings is 2. The fraction of sp³-hybridized carbons (Fsp3) is 0.250. The van der Waals surface area contributed by atoms with Crippen molar-refractivity contribution in [2.45, 2.75) is 26.7 Å². The first kappa shape index (κ1) is 11.9. The van der Waals surface area contributed by atoms with Crippen LogP contribution in [-0.4, -0.2) is 15.1 Å². The molecule has 0 fully saturated rings. The van der Waals surface area contributed by atoms with Crippen molar-refractivity contribution in [2.75, 3.05) is 0 Å². The molecule has 0 saturated heterocycles. The Bertz CT molecular complexity index is 808. The molecule has 0 aliphatic rings. The maximum absolute atomic E-state index is 10.1. The van der Waals surface area contributed by atoms with Gasteiger partial charge in [-0.05, 0) is 17.5 Å². The lowest BCUT2D eigenvalue weighted by molar-refractivity contribution is 0.484. The molecule has 2 aromatic carbocycles. The number of aliphatic hydroxyl groups excluding tert-OH is 1. The molecule has 3 nitrogen and oxygen atoms in total. The summed E-state index contributed by atoms with van der Waals surface area (Å²) in [5.74, 6) is 1.20. The van der Waals surface area contributed by atoms with E-state index in [0.717, 1.165) is 39.3 Å². The third kappa shape index (κ3) is 1.82. The fourth-order valence-electron chi connectivity index (χ4n) is 2.42. The van der Waals surface area contributed by atoms with Crippen molar-refractivity contribution >= 4 is 27.6 Å². The predicted molar refractivity (Wildman–Crippen MR) is 78.0 cm³/mol. The molecule has 1 aromatic heterocycles. The molecule has 0 radical (unpaired) electrons. The Labute approximate surface area is 111 Å². The van der Waals surface area contributed by atoms with E-state index in [4.69, 9.17) is 0 Å². The van der Waals surface area contributed by atoms with Crippen molar-refractivity contribution in [1.82, 2.24) is 9.97 Å². The number of aliphatic hydroxyl groups is 1. The first-order chi connectivity index (χ1) is 9.24. The molecule has 3 aromatic rings. The number of hydrogen-bond acceptors (Lipinski definition) is 3. The molecule has 0 aliphatic heterocycles. The Morgan fingerprint density at radius 1 is 1.11 bits per heavy atom. The molecule has 0 unspecified atom stereocenters. The van der Waals surface area contributed by atoms with Gasteiger partial charge in [-0.25, -0.2) is 9.97 Å². The second-order valence-electron chi connectivity index (χ2n) is 4.63. The van der Waals surface area contributed by atoms with Gasteiger partial charge >= 0.3 is 0 Å². The second-order valence-corrected chi connectivity index (χ2v) is 4.63. The number of hydrogen-bond donors (Lipinski definition) is 1. The highest BCUT2D eigenvalue weighted by molar-refractivity contribution is 6.07. The van der Waals surface area contributed by atoms with Gasteiger partial charge in [0.1, 0.15) is 11.6 Å². The minimum absolute atomic E-state index is 0.382. The largest absolute Gasteiger partial charge is 0.512 e. The van der Waals surface area contributed by atoms with Crippen LogP contribution in [0.5, 0.6) is 0 Å². The Balaban J connectivity index is 2.60. The second kappa shape index (κ2) is 4.50. The van der Waals surface area contributed by atoms with Crippen LogP contribution in [0.2, 0.25) is 0 Å². The molecular weight excluding hydrogens is 236 g/mol. The van der Waals surface area contributed by atoms with Crippen molar-refractivity contribution in [3.8, 4) is 0 Å². The van der Waals surface area contributed by atoms with Crippen LogP contribution in [0.25, 0.3) is 27.6 Å². The van der Waals surface area contributed by atoms with E-state index < -0.39 is 0 Å². The summed E-state index contributed by atoms with van der Waals surface area (Å²) in [5.41, 5.74) is 1.81. The number of aromatic nitrogens is 2. The van der Waals surface area contributed by atoms with E-state index in [2.05, 4.69) is 16.0 Å². The summed E-state index contributed by atoms with van der Waals surface area (Å²) < 4.78 is 0. The lowest BCUT2D eigenvalue weighted by Crippen LogP contribution is -2.11. The maximum atomic E-state index is 10.1. The van der Waals surface area contributed by atoms with Gasteiger partial charge in [-0.1, -0.05) is 32.0 Å². The number of aryl methyl sites for hydroxylation is 1. The summed E-state index contributed by atoms with van der Waals surface area (Å²) in [4.78, 5) is 9.19. The van der Waals surface area contributed by atoms with Gasteiger partial charge in [0.05, 0.1) is 11.0 Å². The molecule has 0 bridgehead atoms. The lowest BCUT2D eigenvalue weighted by atomic mass is 10.0. The zero-order valence-electron chi connectivity index (χ0n) is 11.1. The van der Waals surface area contributed by atoms with Gasteiger partial charge in [-0.2, -0.15) is 0 Å². The Morgan fingerprint density at radius 2 is 1.95 bits per heavy atom. The molecule has 0 aliphatic carbocycles. The first-order valence-electron chi connectivity index (χ1n) is 6.64. The predicted octanol–water partition coefficient (Wildman–Crippen LogP) is 3.14. The zero-order valence-corrected chi connectivity index (χ0v) is 11.1. The van der Waals surface area contributed by atoms with E-state index in [9.17, 15) is 5.11 Å². The quantitative estimate of drug-likeness (QED) is 0.762. The summed E-state index contributed by atoms with van der Waals surface area (Å²) >= 11 is 0. The average molecular weight is 252 g/mol. The van der Waals surface area contributed by atoms with Crippen LogP contribution >= 0.6 is 0 Å². The lowest BCUT2D eigenvalue weighted by Gasteiger charge is -2.08. The molecule has 3 heteroatoms. The fourth-order valence-corrected chi connectivity index (χ4v) is 2.42. The highest BCUT2D eigenvalue weighted by Gasteiger charge is 2.09. The standard InChI is InChI=1S/C16H16N2O/c1-3-13(19)11-9-8-10-6-5-7-12-15(10)16(11)18-14(4-2)17-12/h5-9,19H,3-4H2,1-2H3. The van der Waals surface area contributed by atoms with Crippen molar-refractivity contribution < 1.29 is 5.11 Å². The van der Waals surface area contributed by atoms with E-state index in [-0.39, 0.29) is 0 Å². The molecule has 0 spiro atoms. The summed E-state index contributed by atoms with van der Waals surface area (Å²) in [5, 5.41) is 13.1. The number of rotatable bonds is 2. The summed E-state index contributed by atoms with van der Waals surface area (Å²) in [6.45, 7) is 3.98. The minimum atomic E-state index is 0.382. The van der Waals surface area contributed by atoms with E-state index in [1.54, 1.807) is 0 Å². The van der Waals surface area contributed by atoms with Crippen LogP contribution < -0.4 is 5.22 Å². The van der Waals surface area contributed by atoms with Crippen molar-refractivity contribution in [2.24, 2.45) is 0 Å². The van der Waals surface area contributed by atoms with Crippen LogP contribution in [0, 0.1) is 0 Å². The van der Waals surface area contributed by atoms with Crippen molar-refractivity contribution in [3.63, 3.8) is 0 Å². The molecular formula is C16H16N2O. The molecule has 0 saturated carbocycles. The topological polar surface area (TPSA) is 46.0 Å². The van der Waals surface area contributed by atoms with Gasteiger partial charge in [0.25, 0.3) is 0 Å². The number of nitrogens with zero attached hydrogens (tertiary/aromatic N) is 2. The van der Waals surface area contributed by atoms with Gasteiger partial charge in [0, 0.05) is 23.4 Å². The molecule has 0 amide bonds. The Kier molecular flexibility index (Phi) is 2.82. The van der Waals surface area contributed by atoms with Gasteiger partial charge < -0.3 is 5.11 Å². The maximum Gasteiger partial charge on any atom is 0.129 e. The van der Waals surface area contributed by atoms with E-state index in [1.165, 1.54) is 0 Å². The van der Waals surface area contributed by atoms with Gasteiger partial charge in [-0.3, -0.25) is 0 Å². The van der Waals surface area contributed by atoms with Crippen LogP contribution in [0.3, 0.4) is 0 Å². The molecule has 96 valence electrons. The highest BCUT2D eigenvalue weighted by atomic mass is 16.3. The summed E-state index contributed by atoms with van der Waals surface area (Å²) in [7, 11) is 0. The highest BCUT2D eigenvalue weighted by Crippen LogP contribution is 2.22. The van der Waals surface area contributed by atoms with Crippen molar-refractivity contribution in [1.29, 1.82) is 0 Å². The van der Waals surface area contributed by atoms with Crippen molar-refractivity contribution in [3.05, 3.63) is 41.4 Å². The Morgan fingerprint density at radius 3 is 2.68 bits per heavy atom. The van der Waals surface area contributed by atoms with Crippen LogP contribution in [-0.2, 0) is 6.42 Å². The Hall–Kier alpha value is -2.16. The summed E-state index contributed by atoms with van der Waals surface area (Å²) in [6, 6.07) is 10.0. The average Bonchev–Trinajstić information content (AvgIpc) is 2.46. The van der Waals surface area contributed by atoms with Crippen LogP contribution in [0.4, 0.5) is 0 Å². The molecule has 19 heavy (non-hydrogen) atoms. The molecule has 3 rings (SSSR count). The third-order valence-electron chi connectivity index (χ3n) is 3.45. The zero-order chi connectivity index (χ0) is 13.4. The van der Waals surface area contributed by atoms with E-state index in [1.807, 2.05) is 38.1 Å². The van der Waals surface area contributed by atoms with Crippen LogP contribution in [0.1, 0.15) is 26.1 Å². The SMILES string of the molecule is CCC(O)=c1ccc2cccc3nc(CC)nc1c23. The third-order valence-corrected chi connectivity index (χ3v) is 3.45. The van der Waals surface area contributed by atoms with Crippen LogP contribution in [0.15, 0.2) is 30.3 Å². The van der Waals surface area contributed by atoms with Gasteiger partial charge in [-0.15, -0.1) is 0 Å². The van der Waals surface area contributed by atoms with Gasteiger partial charge in [0.2, 0.25) is 0 Å². The van der Waals surface area contributed by atoms with E-state index >= 15 is 0 Å². The molecule has 1 heterocycles. The summed E-state index contributed by atoms with van der Waals surface area (Å²) in [6.07, 6.45) is 1.39. The van der Waals surface area contributed by atoms with Gasteiger partial charge in [0.15, 0.2) is 0 Å². The molecule has 0 atom stereocenters. The first-order valence-corrected chi connectivity index (χ1v) is 6.64. The van der Waals surface area contributed by atoms with E-state index in [0.29, 0.717) is 12.2 Å². The molecule has 1 N–H and O–H groups in total. The minimum Gasteiger partial charge on any atom is -0.512 e. The smallest absolute Gasteiger partial charge is 0.129 e. The normalized spacial score (nSPS) is 13.2.